The Morgan fingerprint density at radius 1 is 0.967 bits per heavy atom. The van der Waals surface area contributed by atoms with Crippen molar-refractivity contribution in [3.8, 4) is 28.1 Å². The van der Waals surface area contributed by atoms with Gasteiger partial charge in [-0.25, -0.2) is 19.6 Å². The molecule has 3 aromatic carbocycles. The minimum atomic E-state index is -1.15. The summed E-state index contributed by atoms with van der Waals surface area (Å²) in [6.45, 7) is 9.35. The number of ether oxygens (including phenoxy) is 3. The van der Waals surface area contributed by atoms with E-state index in [1.165, 1.54) is 14.2 Å². The van der Waals surface area contributed by atoms with Gasteiger partial charge in [0.15, 0.2) is 0 Å². The molecule has 8 rings (SSSR count). The van der Waals surface area contributed by atoms with Crippen molar-refractivity contribution in [3.05, 3.63) is 65.9 Å². The number of carbonyl (C=O) groups is 4. The van der Waals surface area contributed by atoms with E-state index in [2.05, 4.69) is 45.6 Å². The molecule has 0 saturated carbocycles. The Morgan fingerprint density at radius 2 is 1.77 bits per heavy atom. The first-order chi connectivity index (χ1) is 29.3. The molecule has 2 fully saturated rings. The average molecular weight is 835 g/mol. The smallest absolute Gasteiger partial charge is 0.407 e. The van der Waals surface area contributed by atoms with Crippen LogP contribution in [0.1, 0.15) is 76.3 Å². The first-order valence-corrected chi connectivity index (χ1v) is 21.0. The van der Waals surface area contributed by atoms with E-state index in [0.29, 0.717) is 44.4 Å². The number of fused-ring (bicyclic) bond motifs is 6. The van der Waals surface area contributed by atoms with Gasteiger partial charge in [0.25, 0.3) is 0 Å². The van der Waals surface area contributed by atoms with Crippen LogP contribution in [0.15, 0.2) is 48.7 Å². The van der Waals surface area contributed by atoms with Crippen molar-refractivity contribution < 1.29 is 38.5 Å². The fourth-order valence-electron chi connectivity index (χ4n) is 9.45. The quantitative estimate of drug-likeness (QED) is 0.109. The highest BCUT2D eigenvalue weighted by molar-refractivity contribution is 6.07. The second-order valence-electron chi connectivity index (χ2n) is 17.2. The summed E-state index contributed by atoms with van der Waals surface area (Å²) in [5.41, 5.74) is 6.43. The molecule has 4 amide bonds. The number of nitrogens with one attached hydrogen (secondary N) is 3. The van der Waals surface area contributed by atoms with Crippen LogP contribution < -0.4 is 10.1 Å². The molecule has 16 heteroatoms. The topological polar surface area (TPSA) is 195 Å². The van der Waals surface area contributed by atoms with Crippen molar-refractivity contribution in [1.29, 1.82) is 0 Å². The molecular formula is C45H54N8O8. The van der Waals surface area contributed by atoms with Crippen molar-refractivity contribution in [2.75, 3.05) is 41.0 Å². The van der Waals surface area contributed by atoms with E-state index in [4.69, 9.17) is 24.2 Å². The molecule has 5 heterocycles. The first kappa shape index (κ1) is 41.6. The Labute approximate surface area is 353 Å². The van der Waals surface area contributed by atoms with Crippen molar-refractivity contribution >= 4 is 45.8 Å². The number of alkyl carbamates (subject to hydrolysis) is 1. The van der Waals surface area contributed by atoms with Crippen LogP contribution in [0, 0.1) is 17.8 Å². The zero-order valence-corrected chi connectivity index (χ0v) is 35.7. The van der Waals surface area contributed by atoms with Crippen LogP contribution in [0.25, 0.3) is 44.2 Å². The number of amides is 4. The minimum Gasteiger partial charge on any atom is -0.488 e. The van der Waals surface area contributed by atoms with E-state index in [1.54, 1.807) is 23.1 Å². The summed E-state index contributed by atoms with van der Waals surface area (Å²) in [4.78, 5) is 73.3. The molecule has 3 aliphatic rings. The molecule has 2 aromatic heterocycles. The Balaban J connectivity index is 1.05. The number of methoxy groups -OCH3 is 2. The molecule has 61 heavy (non-hydrogen) atoms. The zero-order valence-electron chi connectivity index (χ0n) is 35.7. The van der Waals surface area contributed by atoms with Crippen LogP contribution in [0.5, 0.6) is 5.75 Å². The van der Waals surface area contributed by atoms with Crippen LogP contribution in [0.3, 0.4) is 0 Å². The number of hydrogen-bond acceptors (Lipinski definition) is 9. The Morgan fingerprint density at radius 3 is 2.49 bits per heavy atom. The van der Waals surface area contributed by atoms with Gasteiger partial charge in [-0.2, -0.15) is 0 Å². The van der Waals surface area contributed by atoms with E-state index >= 15 is 0 Å². The molecule has 0 bridgehead atoms. The number of likely N-dealkylation sites (tertiary alicyclic amines) is 2. The predicted octanol–water partition coefficient (Wildman–Crippen LogP) is 6.88. The van der Waals surface area contributed by atoms with Gasteiger partial charge in [-0.05, 0) is 77.4 Å². The number of likely N-dealkylation sites (N-methyl/N-ethyl adjacent to an activating group) is 1. The lowest BCUT2D eigenvalue weighted by Gasteiger charge is -2.33. The number of nitrogens with zero attached hydrogens (tertiary/aromatic N) is 5. The lowest BCUT2D eigenvalue weighted by molar-refractivity contribution is -0.139. The molecular weight excluding hydrogens is 781 g/mol. The maximum Gasteiger partial charge on any atom is 0.407 e. The van der Waals surface area contributed by atoms with Crippen LogP contribution in [-0.4, -0.2) is 117 Å². The summed E-state index contributed by atoms with van der Waals surface area (Å²) in [5, 5.41) is 14.4. The fraction of sp³-hybridized carbons (Fsp3) is 0.467. The number of H-pyrrole nitrogens is 2. The maximum atomic E-state index is 14.1. The van der Waals surface area contributed by atoms with Gasteiger partial charge in [-0.3, -0.25) is 14.5 Å². The summed E-state index contributed by atoms with van der Waals surface area (Å²) in [7, 11) is 4.37. The molecule has 0 aliphatic carbocycles. The number of benzene rings is 3. The predicted molar refractivity (Wildman–Crippen MR) is 228 cm³/mol. The van der Waals surface area contributed by atoms with Gasteiger partial charge in [0, 0.05) is 44.1 Å². The summed E-state index contributed by atoms with van der Waals surface area (Å²) in [6, 6.07) is 12.3. The first-order valence-electron chi connectivity index (χ1n) is 21.0. The van der Waals surface area contributed by atoms with Crippen molar-refractivity contribution in [2.24, 2.45) is 17.8 Å². The minimum absolute atomic E-state index is 0.0670. The van der Waals surface area contributed by atoms with E-state index in [1.807, 2.05) is 39.8 Å². The molecule has 3 aliphatic heterocycles. The molecule has 5 atom stereocenters. The SMILES string of the molecule is COCC1CC(c2nc3c(ccc4cc5c(cc43)OCc3cc(-c4cnc(C6CCCN6C(=O)C(NC(=O)OC)C(C)C)[nH]4)ccc3-5)[nH]2)N(C(=O)C(C(C)C)N(C)C(=O)O)C1. The van der Waals surface area contributed by atoms with Gasteiger partial charge in [0.1, 0.15) is 36.1 Å². The molecule has 322 valence electrons. The number of hydrogen-bond donors (Lipinski definition) is 4. The molecule has 0 radical (unpaired) electrons. The van der Waals surface area contributed by atoms with Crippen molar-refractivity contribution in [2.45, 2.75) is 77.7 Å². The van der Waals surface area contributed by atoms with Gasteiger partial charge in [-0.1, -0.05) is 45.9 Å². The second kappa shape index (κ2) is 16.7. The van der Waals surface area contributed by atoms with Crippen LogP contribution in [0.2, 0.25) is 0 Å². The molecule has 5 unspecified atom stereocenters. The number of rotatable bonds is 11. The molecule has 0 spiro atoms. The summed E-state index contributed by atoms with van der Waals surface area (Å²) >= 11 is 0. The third kappa shape index (κ3) is 7.73. The fourth-order valence-corrected chi connectivity index (χ4v) is 9.45. The standard InChI is InChI=1S/C45H54N8O8/c1-23(2)37(50-44(56)60-7)42(54)52-14-8-9-34(52)40-46-19-33(48-40)27-10-12-29-28(16-27)22-61-36-18-30-26(17-31(29)36)11-13-32-38(30)49-41(47-32)35-15-25(21-59-6)20-53(35)43(55)39(24(3)4)51(5)45(57)58/h10-13,16-19,23-25,34-35,37,39H,8-9,14-15,20-22H2,1-7H3,(H,46,48)(H,47,49)(H,50,56)(H,57,58). The average Bonchev–Trinajstić information content (AvgIpc) is 4.07. The maximum absolute atomic E-state index is 14.1. The Kier molecular flexibility index (Phi) is 11.4. The normalized spacial score (nSPS) is 19.5. The third-order valence-corrected chi connectivity index (χ3v) is 12.5. The van der Waals surface area contributed by atoms with Crippen LogP contribution >= 0.6 is 0 Å². The van der Waals surface area contributed by atoms with E-state index in [9.17, 15) is 24.3 Å². The third-order valence-electron chi connectivity index (χ3n) is 12.5. The highest BCUT2D eigenvalue weighted by Gasteiger charge is 2.43. The van der Waals surface area contributed by atoms with Crippen molar-refractivity contribution in [1.82, 2.24) is 40.0 Å². The van der Waals surface area contributed by atoms with Crippen LogP contribution in [-0.2, 0) is 25.7 Å². The largest absolute Gasteiger partial charge is 0.488 e. The molecule has 16 nitrogen and oxygen atoms in total. The number of aromatic nitrogens is 4. The van der Waals surface area contributed by atoms with Gasteiger partial charge < -0.3 is 44.4 Å². The molecule has 2 saturated heterocycles. The van der Waals surface area contributed by atoms with Gasteiger partial charge in [0.2, 0.25) is 11.8 Å². The van der Waals surface area contributed by atoms with Gasteiger partial charge in [-0.15, -0.1) is 0 Å². The highest BCUT2D eigenvalue weighted by Crippen LogP contribution is 2.44. The number of imidazole rings is 2. The Hall–Kier alpha value is -6.16. The summed E-state index contributed by atoms with van der Waals surface area (Å²) in [6.07, 6.45) is 2.23. The lowest BCUT2D eigenvalue weighted by atomic mass is 9.92. The monoisotopic (exact) mass is 834 g/mol. The highest BCUT2D eigenvalue weighted by atomic mass is 16.5. The molecule has 5 aromatic rings. The van der Waals surface area contributed by atoms with E-state index in [-0.39, 0.29) is 41.7 Å². The van der Waals surface area contributed by atoms with Gasteiger partial charge in [0.05, 0.1) is 48.7 Å². The zero-order chi connectivity index (χ0) is 43.3. The number of aromatic amines is 2. The Bertz CT molecular complexity index is 2490. The van der Waals surface area contributed by atoms with E-state index < -0.39 is 24.3 Å². The summed E-state index contributed by atoms with van der Waals surface area (Å²) in [5.74, 6) is 1.41. The summed E-state index contributed by atoms with van der Waals surface area (Å²) < 4.78 is 16.7. The van der Waals surface area contributed by atoms with Gasteiger partial charge >= 0.3 is 12.2 Å². The second-order valence-corrected chi connectivity index (χ2v) is 17.2. The van der Waals surface area contributed by atoms with Crippen molar-refractivity contribution in [3.63, 3.8) is 0 Å². The molecule has 4 N–H and O–H groups in total. The lowest BCUT2D eigenvalue weighted by Crippen LogP contribution is -2.51. The van der Waals surface area contributed by atoms with Crippen LogP contribution in [0.4, 0.5) is 9.59 Å². The number of carbonyl (C=O) groups excluding carboxylic acids is 3. The number of carboxylic acid groups (broad SMARTS) is 1. The van der Waals surface area contributed by atoms with E-state index in [0.717, 1.165) is 73.2 Å².